The molecule has 4 rings (SSSR count). The van der Waals surface area contributed by atoms with Crippen molar-refractivity contribution in [1.82, 2.24) is 10.3 Å². The summed E-state index contributed by atoms with van der Waals surface area (Å²) >= 11 is 1.66. The van der Waals surface area contributed by atoms with E-state index in [0.717, 1.165) is 30.4 Å². The lowest BCUT2D eigenvalue weighted by molar-refractivity contribution is -0.118. The Bertz CT molecular complexity index is 491. The minimum absolute atomic E-state index is 0.00578. The molecule has 102 valence electrons. The molecule has 1 saturated carbocycles. The Kier molecular flexibility index (Phi) is 2.84. The van der Waals surface area contributed by atoms with E-state index in [2.05, 4.69) is 15.6 Å². The third kappa shape index (κ3) is 1.99. The van der Waals surface area contributed by atoms with Crippen LogP contribution in [0.4, 0.5) is 5.13 Å². The number of rotatable bonds is 2. The van der Waals surface area contributed by atoms with E-state index in [4.69, 9.17) is 0 Å². The van der Waals surface area contributed by atoms with Crippen molar-refractivity contribution in [3.63, 3.8) is 0 Å². The summed E-state index contributed by atoms with van der Waals surface area (Å²) in [6.45, 7) is 1.01. The largest absolute Gasteiger partial charge is 0.305 e. The second-order valence-electron chi connectivity index (χ2n) is 5.97. The average molecular weight is 277 g/mol. The molecule has 5 heteroatoms. The Balaban J connectivity index is 1.46. The van der Waals surface area contributed by atoms with Crippen LogP contribution in [0.3, 0.4) is 0 Å². The first-order valence-corrected chi connectivity index (χ1v) is 8.16. The highest BCUT2D eigenvalue weighted by atomic mass is 32.1. The normalized spacial score (nSPS) is 32.3. The van der Waals surface area contributed by atoms with E-state index in [1.54, 1.807) is 11.3 Å². The molecule has 1 aliphatic heterocycles. The Morgan fingerprint density at radius 3 is 3.16 bits per heavy atom. The number of fused-ring (bicyclic) bond motifs is 2. The molecule has 0 aromatic carbocycles. The van der Waals surface area contributed by atoms with Gasteiger partial charge in [0.05, 0.1) is 11.7 Å². The maximum absolute atomic E-state index is 12.4. The number of nitrogens with one attached hydrogen (secondary N) is 2. The molecular weight excluding hydrogens is 258 g/mol. The van der Waals surface area contributed by atoms with Crippen LogP contribution < -0.4 is 10.6 Å². The summed E-state index contributed by atoms with van der Waals surface area (Å²) in [6, 6.07) is 0.00578. The van der Waals surface area contributed by atoms with Crippen molar-refractivity contribution in [2.24, 2.45) is 11.8 Å². The highest BCUT2D eigenvalue weighted by molar-refractivity contribution is 7.15. The van der Waals surface area contributed by atoms with Crippen LogP contribution in [0.5, 0.6) is 0 Å². The van der Waals surface area contributed by atoms with Gasteiger partial charge in [-0.15, -0.1) is 11.3 Å². The van der Waals surface area contributed by atoms with Gasteiger partial charge >= 0.3 is 0 Å². The Labute approximate surface area is 117 Å². The summed E-state index contributed by atoms with van der Waals surface area (Å²) in [5.41, 5.74) is 1.21. The molecule has 1 saturated heterocycles. The Hall–Kier alpha value is -0.940. The van der Waals surface area contributed by atoms with E-state index in [9.17, 15) is 4.79 Å². The van der Waals surface area contributed by atoms with Crippen LogP contribution in [0.25, 0.3) is 0 Å². The van der Waals surface area contributed by atoms with Crippen molar-refractivity contribution in [2.45, 2.75) is 44.6 Å². The van der Waals surface area contributed by atoms with Crippen LogP contribution in [0.1, 0.15) is 36.3 Å². The summed E-state index contributed by atoms with van der Waals surface area (Å²) in [5, 5.41) is 7.23. The number of aryl methyl sites for hydroxylation is 2. The first kappa shape index (κ1) is 11.9. The average Bonchev–Trinajstić information content (AvgIpc) is 3.06. The van der Waals surface area contributed by atoms with Gasteiger partial charge in [-0.2, -0.15) is 0 Å². The minimum atomic E-state index is 0.00578. The third-order valence-electron chi connectivity index (χ3n) is 4.85. The Morgan fingerprint density at radius 2 is 2.26 bits per heavy atom. The lowest BCUT2D eigenvalue weighted by atomic mass is 9.94. The van der Waals surface area contributed by atoms with Crippen LogP contribution >= 0.6 is 11.3 Å². The molecule has 2 fully saturated rings. The number of nitrogens with zero attached hydrogens (tertiary/aromatic N) is 1. The molecule has 2 N–H and O–H groups in total. The van der Waals surface area contributed by atoms with Crippen LogP contribution in [-0.4, -0.2) is 23.5 Å². The molecule has 1 aromatic rings. The molecule has 3 unspecified atom stereocenters. The number of anilines is 1. The highest BCUT2D eigenvalue weighted by Gasteiger charge is 2.42. The van der Waals surface area contributed by atoms with E-state index < -0.39 is 0 Å². The summed E-state index contributed by atoms with van der Waals surface area (Å²) in [7, 11) is 0. The van der Waals surface area contributed by atoms with Gasteiger partial charge in [0, 0.05) is 4.88 Å². The van der Waals surface area contributed by atoms with Gasteiger partial charge in [0.15, 0.2) is 5.13 Å². The van der Waals surface area contributed by atoms with Crippen molar-refractivity contribution < 1.29 is 4.79 Å². The second-order valence-corrected chi connectivity index (χ2v) is 7.06. The molecule has 4 nitrogen and oxygen atoms in total. The predicted octanol–water partition coefficient (Wildman–Crippen LogP) is 1.96. The van der Waals surface area contributed by atoms with Crippen LogP contribution in [0.2, 0.25) is 0 Å². The number of aromatic nitrogens is 1. The molecule has 1 amide bonds. The third-order valence-corrected chi connectivity index (χ3v) is 5.93. The monoisotopic (exact) mass is 277 g/mol. The zero-order valence-electron chi connectivity index (χ0n) is 10.9. The summed E-state index contributed by atoms with van der Waals surface area (Å²) < 4.78 is 0. The number of carbonyl (C=O) groups excluding carboxylic acids is 1. The highest BCUT2D eigenvalue weighted by Crippen LogP contribution is 2.38. The smallest absolute Gasteiger partial charge is 0.243 e. The van der Waals surface area contributed by atoms with Crippen LogP contribution in [0, 0.1) is 11.8 Å². The van der Waals surface area contributed by atoms with Gasteiger partial charge in [-0.1, -0.05) is 6.42 Å². The molecule has 3 atom stereocenters. The SMILES string of the molecule is O=C(Nc1nc2c(s1)CCC2)C1NCC2CCCC21. The number of thiazole rings is 1. The zero-order chi connectivity index (χ0) is 12.8. The topological polar surface area (TPSA) is 54.0 Å². The summed E-state index contributed by atoms with van der Waals surface area (Å²) in [6.07, 6.45) is 7.20. The molecule has 19 heavy (non-hydrogen) atoms. The Morgan fingerprint density at radius 1 is 1.32 bits per heavy atom. The molecule has 1 aromatic heterocycles. The molecule has 0 radical (unpaired) electrons. The first-order chi connectivity index (χ1) is 9.31. The minimum Gasteiger partial charge on any atom is -0.305 e. The fourth-order valence-electron chi connectivity index (χ4n) is 3.90. The van der Waals surface area contributed by atoms with Crippen molar-refractivity contribution in [2.75, 3.05) is 11.9 Å². The fourth-order valence-corrected chi connectivity index (χ4v) is 4.95. The van der Waals surface area contributed by atoms with Gasteiger partial charge in [-0.3, -0.25) is 4.79 Å². The number of amides is 1. The van der Waals surface area contributed by atoms with Crippen molar-refractivity contribution in [3.05, 3.63) is 10.6 Å². The second kappa shape index (κ2) is 4.56. The van der Waals surface area contributed by atoms with Crippen molar-refractivity contribution >= 4 is 22.4 Å². The lowest BCUT2D eigenvalue weighted by Crippen LogP contribution is -2.39. The standard InChI is InChI=1S/C14H19N3OS/c18-13(12-9-4-1-3-8(9)7-15-12)17-14-16-10-5-2-6-11(10)19-14/h8-9,12,15H,1-7H2,(H,16,17,18). The summed E-state index contributed by atoms with van der Waals surface area (Å²) in [4.78, 5) is 18.3. The van der Waals surface area contributed by atoms with Gasteiger partial charge < -0.3 is 10.6 Å². The van der Waals surface area contributed by atoms with Crippen molar-refractivity contribution in [3.8, 4) is 0 Å². The van der Waals surface area contributed by atoms with E-state index in [-0.39, 0.29) is 11.9 Å². The number of hydrogen-bond donors (Lipinski definition) is 2. The van der Waals surface area contributed by atoms with Crippen LogP contribution in [-0.2, 0) is 17.6 Å². The van der Waals surface area contributed by atoms with Gasteiger partial charge in [-0.25, -0.2) is 4.98 Å². The van der Waals surface area contributed by atoms with E-state index in [1.807, 2.05) is 0 Å². The molecule has 2 heterocycles. The summed E-state index contributed by atoms with van der Waals surface area (Å²) in [5.74, 6) is 1.39. The molecule has 0 spiro atoms. The van der Waals surface area contributed by atoms with Crippen LogP contribution in [0.15, 0.2) is 0 Å². The number of carbonyl (C=O) groups is 1. The molecule has 2 aliphatic carbocycles. The zero-order valence-corrected chi connectivity index (χ0v) is 11.8. The fraction of sp³-hybridized carbons (Fsp3) is 0.714. The van der Waals surface area contributed by atoms with Gasteiger partial charge in [0.1, 0.15) is 0 Å². The van der Waals surface area contributed by atoms with Gasteiger partial charge in [-0.05, 0) is 50.5 Å². The first-order valence-electron chi connectivity index (χ1n) is 7.34. The maximum Gasteiger partial charge on any atom is 0.243 e. The maximum atomic E-state index is 12.4. The van der Waals surface area contributed by atoms with E-state index in [1.165, 1.54) is 36.3 Å². The number of hydrogen-bond acceptors (Lipinski definition) is 4. The molecule has 3 aliphatic rings. The molecule has 0 bridgehead atoms. The predicted molar refractivity (Wildman–Crippen MR) is 75.4 cm³/mol. The molecular formula is C14H19N3OS. The van der Waals surface area contributed by atoms with Gasteiger partial charge in [0.25, 0.3) is 0 Å². The van der Waals surface area contributed by atoms with Gasteiger partial charge in [0.2, 0.25) is 5.91 Å². The van der Waals surface area contributed by atoms with E-state index >= 15 is 0 Å². The lowest BCUT2D eigenvalue weighted by Gasteiger charge is -2.16. The van der Waals surface area contributed by atoms with E-state index in [0.29, 0.717) is 5.92 Å². The quantitative estimate of drug-likeness (QED) is 0.869. The van der Waals surface area contributed by atoms with Crippen molar-refractivity contribution in [1.29, 1.82) is 0 Å².